The lowest BCUT2D eigenvalue weighted by atomic mass is 10.1. The first-order chi connectivity index (χ1) is 14.1. The number of nitro groups is 1. The minimum Gasteiger partial charge on any atom is -0.483 e. The second-order valence-corrected chi connectivity index (χ2v) is 8.79. The van der Waals surface area contributed by atoms with Gasteiger partial charge in [-0.2, -0.15) is 0 Å². The molecule has 0 aromatic heterocycles. The minimum atomic E-state index is -3.64. The van der Waals surface area contributed by atoms with Crippen molar-refractivity contribution in [3.05, 3.63) is 70.3 Å². The number of nitro benzene ring substituents is 1. The highest BCUT2D eigenvalue weighted by atomic mass is 32.2. The zero-order valence-corrected chi connectivity index (χ0v) is 17.7. The number of nitrogens with zero attached hydrogens (tertiary/aromatic N) is 2. The fourth-order valence-corrected chi connectivity index (χ4v) is 3.50. The van der Waals surface area contributed by atoms with E-state index in [-0.39, 0.29) is 17.2 Å². The highest BCUT2D eigenvalue weighted by Gasteiger charge is 2.19. The van der Waals surface area contributed by atoms with Crippen LogP contribution in [0.4, 0.5) is 11.4 Å². The van der Waals surface area contributed by atoms with Crippen molar-refractivity contribution in [2.24, 2.45) is 0 Å². The van der Waals surface area contributed by atoms with Gasteiger partial charge in [-0.25, -0.2) is 12.7 Å². The summed E-state index contributed by atoms with van der Waals surface area (Å²) >= 11 is 0. The molecule has 2 aromatic carbocycles. The van der Waals surface area contributed by atoms with E-state index in [4.69, 9.17) is 4.74 Å². The summed E-state index contributed by atoms with van der Waals surface area (Å²) in [5.41, 5.74) is 1.48. The predicted molar refractivity (Wildman–Crippen MR) is 113 cm³/mol. The maximum absolute atomic E-state index is 12.4. The van der Waals surface area contributed by atoms with Crippen LogP contribution < -0.4 is 10.1 Å². The molecule has 1 N–H and O–H groups in total. The highest BCUT2D eigenvalue weighted by Crippen LogP contribution is 2.25. The molecule has 2 aromatic rings. The van der Waals surface area contributed by atoms with Gasteiger partial charge in [0, 0.05) is 37.5 Å². The first-order valence-corrected chi connectivity index (χ1v) is 10.3. The Hall–Kier alpha value is -3.24. The zero-order valence-electron chi connectivity index (χ0n) is 16.9. The van der Waals surface area contributed by atoms with E-state index in [0.717, 1.165) is 4.31 Å². The molecule has 0 spiro atoms. The number of ether oxygens (including phenoxy) is 1. The van der Waals surface area contributed by atoms with Gasteiger partial charge in [-0.05, 0) is 37.1 Å². The van der Waals surface area contributed by atoms with E-state index in [1.165, 1.54) is 44.4 Å². The molecule has 9 nitrogen and oxygen atoms in total. The molecule has 0 heterocycles. The number of sulfonamides is 1. The molecule has 0 fully saturated rings. The lowest BCUT2D eigenvalue weighted by Crippen LogP contribution is -2.23. The third kappa shape index (κ3) is 5.43. The number of benzene rings is 2. The Balaban J connectivity index is 2.15. The summed E-state index contributed by atoms with van der Waals surface area (Å²) in [7, 11) is -0.798. The number of amides is 1. The van der Waals surface area contributed by atoms with Crippen molar-refractivity contribution >= 4 is 27.3 Å². The SMILES string of the molecule is C=CCc1cc([N+](=O)[O-])ccc1OCC(=O)Nc1cc(S(=O)(=O)N(C)C)ccc1C. The molecule has 0 aliphatic heterocycles. The number of nitrogens with one attached hydrogen (secondary N) is 1. The Labute approximate surface area is 175 Å². The summed E-state index contributed by atoms with van der Waals surface area (Å²) in [6.07, 6.45) is 1.91. The van der Waals surface area contributed by atoms with Crippen molar-refractivity contribution in [3.63, 3.8) is 0 Å². The molecule has 0 unspecified atom stereocenters. The van der Waals surface area contributed by atoms with E-state index in [2.05, 4.69) is 11.9 Å². The number of hydrogen-bond donors (Lipinski definition) is 1. The Kier molecular flexibility index (Phi) is 7.30. The Morgan fingerprint density at radius 2 is 1.97 bits per heavy atom. The summed E-state index contributed by atoms with van der Waals surface area (Å²) in [4.78, 5) is 22.8. The molecule has 0 aliphatic carbocycles. The quantitative estimate of drug-likeness (QED) is 0.369. The molecular formula is C20H23N3O6S. The molecule has 1 amide bonds. The number of anilines is 1. The average molecular weight is 433 g/mol. The van der Waals surface area contributed by atoms with Gasteiger partial charge in [0.1, 0.15) is 5.75 Å². The van der Waals surface area contributed by atoms with E-state index in [1.54, 1.807) is 19.1 Å². The number of rotatable bonds is 9. The van der Waals surface area contributed by atoms with Gasteiger partial charge in [0.2, 0.25) is 10.0 Å². The Morgan fingerprint density at radius 1 is 1.27 bits per heavy atom. The highest BCUT2D eigenvalue weighted by molar-refractivity contribution is 7.89. The van der Waals surface area contributed by atoms with Gasteiger partial charge in [-0.1, -0.05) is 12.1 Å². The van der Waals surface area contributed by atoms with Crippen LogP contribution in [0.1, 0.15) is 11.1 Å². The number of non-ortho nitro benzene ring substituents is 1. The van der Waals surface area contributed by atoms with Gasteiger partial charge in [0.05, 0.1) is 9.82 Å². The fraction of sp³-hybridized carbons (Fsp3) is 0.250. The monoisotopic (exact) mass is 433 g/mol. The smallest absolute Gasteiger partial charge is 0.269 e. The molecule has 0 saturated heterocycles. The largest absolute Gasteiger partial charge is 0.483 e. The van der Waals surface area contributed by atoms with Crippen LogP contribution in [0, 0.1) is 17.0 Å². The molecular weight excluding hydrogens is 410 g/mol. The van der Waals surface area contributed by atoms with Crippen LogP contribution in [0.15, 0.2) is 53.9 Å². The minimum absolute atomic E-state index is 0.0537. The molecule has 160 valence electrons. The van der Waals surface area contributed by atoms with E-state index >= 15 is 0 Å². The van der Waals surface area contributed by atoms with Crippen LogP contribution in [0.3, 0.4) is 0 Å². The number of hydrogen-bond acceptors (Lipinski definition) is 6. The Morgan fingerprint density at radius 3 is 2.57 bits per heavy atom. The summed E-state index contributed by atoms with van der Waals surface area (Å²) in [6, 6.07) is 8.55. The van der Waals surface area contributed by atoms with Gasteiger partial charge >= 0.3 is 0 Å². The molecule has 2 rings (SSSR count). The third-order valence-electron chi connectivity index (χ3n) is 4.24. The fourth-order valence-electron chi connectivity index (χ4n) is 2.57. The number of aryl methyl sites for hydroxylation is 1. The second kappa shape index (κ2) is 9.51. The van der Waals surface area contributed by atoms with Gasteiger partial charge < -0.3 is 10.1 Å². The number of carbonyl (C=O) groups is 1. The maximum atomic E-state index is 12.4. The lowest BCUT2D eigenvalue weighted by Gasteiger charge is -2.15. The summed E-state index contributed by atoms with van der Waals surface area (Å²) in [5, 5.41) is 13.6. The van der Waals surface area contributed by atoms with Crippen molar-refractivity contribution in [1.29, 1.82) is 0 Å². The zero-order chi connectivity index (χ0) is 22.5. The van der Waals surface area contributed by atoms with Crippen LogP contribution in [0.2, 0.25) is 0 Å². The maximum Gasteiger partial charge on any atom is 0.269 e. The van der Waals surface area contributed by atoms with Gasteiger partial charge in [-0.3, -0.25) is 14.9 Å². The summed E-state index contributed by atoms with van der Waals surface area (Å²) in [5.74, 6) is -0.170. The van der Waals surface area contributed by atoms with Crippen LogP contribution in [-0.4, -0.2) is 44.3 Å². The topological polar surface area (TPSA) is 119 Å². The van der Waals surface area contributed by atoms with Gasteiger partial charge in [0.15, 0.2) is 6.61 Å². The molecule has 10 heteroatoms. The van der Waals surface area contributed by atoms with Gasteiger partial charge in [-0.15, -0.1) is 6.58 Å². The summed E-state index contributed by atoms with van der Waals surface area (Å²) < 4.78 is 31.2. The first-order valence-electron chi connectivity index (χ1n) is 8.90. The van der Waals surface area contributed by atoms with Gasteiger partial charge in [0.25, 0.3) is 11.6 Å². The van der Waals surface area contributed by atoms with E-state index in [0.29, 0.717) is 29.0 Å². The normalized spacial score (nSPS) is 11.2. The van der Waals surface area contributed by atoms with Crippen molar-refractivity contribution < 1.29 is 22.9 Å². The van der Waals surface area contributed by atoms with Crippen LogP contribution >= 0.6 is 0 Å². The van der Waals surface area contributed by atoms with Crippen LogP contribution in [0.5, 0.6) is 5.75 Å². The molecule has 0 aliphatic rings. The standard InChI is InChI=1S/C20H23N3O6S/c1-5-6-15-11-16(23(25)26)8-10-19(15)29-13-20(24)21-18-12-17(9-7-14(18)2)30(27,28)22(3)4/h5,7-12H,1,6,13H2,2-4H3,(H,21,24). The lowest BCUT2D eigenvalue weighted by molar-refractivity contribution is -0.384. The third-order valence-corrected chi connectivity index (χ3v) is 6.05. The molecule has 0 saturated carbocycles. The van der Waals surface area contributed by atoms with Crippen molar-refractivity contribution in [2.45, 2.75) is 18.2 Å². The first kappa shape index (κ1) is 23.0. The van der Waals surface area contributed by atoms with Crippen molar-refractivity contribution in [2.75, 3.05) is 26.0 Å². The molecule has 0 radical (unpaired) electrons. The number of carbonyl (C=O) groups excluding carboxylic acids is 1. The summed E-state index contributed by atoms with van der Waals surface area (Å²) in [6.45, 7) is 5.00. The van der Waals surface area contributed by atoms with Crippen LogP contribution in [0.25, 0.3) is 0 Å². The Bertz CT molecular complexity index is 1080. The second-order valence-electron chi connectivity index (χ2n) is 6.64. The molecule has 0 atom stereocenters. The van der Waals surface area contributed by atoms with E-state index < -0.39 is 20.9 Å². The van der Waals surface area contributed by atoms with Crippen LogP contribution in [-0.2, 0) is 21.2 Å². The number of allylic oxidation sites excluding steroid dienone is 1. The van der Waals surface area contributed by atoms with E-state index in [9.17, 15) is 23.3 Å². The van der Waals surface area contributed by atoms with E-state index in [1.807, 2.05) is 0 Å². The molecule has 0 bridgehead atoms. The predicted octanol–water partition coefficient (Wildman–Crippen LogP) is 2.90. The average Bonchev–Trinajstić information content (AvgIpc) is 2.68. The van der Waals surface area contributed by atoms with Crippen molar-refractivity contribution in [3.8, 4) is 5.75 Å². The molecule has 30 heavy (non-hydrogen) atoms. The van der Waals surface area contributed by atoms with Crippen molar-refractivity contribution in [1.82, 2.24) is 4.31 Å².